The van der Waals surface area contributed by atoms with Crippen molar-refractivity contribution in [3.63, 3.8) is 0 Å². The molecule has 0 amide bonds. The zero-order valence-corrected chi connectivity index (χ0v) is 11.3. The predicted octanol–water partition coefficient (Wildman–Crippen LogP) is 3.53. The number of aromatic nitrogens is 2. The molecule has 1 aromatic heterocycles. The number of hydrogen-bond donors (Lipinski definition) is 1. The van der Waals surface area contributed by atoms with Crippen LogP contribution in [-0.4, -0.2) is 15.6 Å². The molecule has 1 heterocycles. The molecule has 17 heavy (non-hydrogen) atoms. The molecule has 0 radical (unpaired) electrons. The molecule has 1 saturated carbocycles. The third-order valence-corrected chi connectivity index (χ3v) is 3.72. The van der Waals surface area contributed by atoms with Crippen LogP contribution < -0.4 is 5.32 Å². The second-order valence-electron chi connectivity index (χ2n) is 5.83. The fraction of sp³-hybridized carbons (Fsp3) is 0.786. The summed E-state index contributed by atoms with van der Waals surface area (Å²) in [5.74, 6) is 2.80. The van der Waals surface area contributed by atoms with E-state index in [0.29, 0.717) is 6.04 Å². The number of rotatable bonds is 4. The number of imidazole rings is 1. The van der Waals surface area contributed by atoms with Gasteiger partial charge in [0.1, 0.15) is 0 Å². The molecule has 96 valence electrons. The van der Waals surface area contributed by atoms with Gasteiger partial charge >= 0.3 is 0 Å². The van der Waals surface area contributed by atoms with Crippen LogP contribution in [0.4, 0.5) is 5.95 Å². The van der Waals surface area contributed by atoms with Gasteiger partial charge in [0.2, 0.25) is 5.95 Å². The Morgan fingerprint density at radius 3 is 2.71 bits per heavy atom. The third kappa shape index (κ3) is 3.48. The van der Waals surface area contributed by atoms with E-state index in [1.165, 1.54) is 25.7 Å². The lowest BCUT2D eigenvalue weighted by Crippen LogP contribution is -2.20. The maximum atomic E-state index is 4.39. The van der Waals surface area contributed by atoms with Crippen LogP contribution in [-0.2, 0) is 6.54 Å². The Labute approximate surface area is 105 Å². The van der Waals surface area contributed by atoms with Gasteiger partial charge in [0.25, 0.3) is 0 Å². The number of nitrogens with zero attached hydrogens (tertiary/aromatic N) is 2. The molecule has 1 fully saturated rings. The molecule has 1 aliphatic rings. The van der Waals surface area contributed by atoms with Crippen molar-refractivity contribution in [2.75, 3.05) is 5.32 Å². The van der Waals surface area contributed by atoms with E-state index in [9.17, 15) is 0 Å². The van der Waals surface area contributed by atoms with E-state index in [0.717, 1.165) is 24.3 Å². The topological polar surface area (TPSA) is 29.9 Å². The first-order chi connectivity index (χ1) is 8.15. The second-order valence-corrected chi connectivity index (χ2v) is 5.83. The smallest absolute Gasteiger partial charge is 0.202 e. The molecular weight excluding hydrogens is 210 g/mol. The quantitative estimate of drug-likeness (QED) is 0.865. The van der Waals surface area contributed by atoms with Crippen LogP contribution in [0.15, 0.2) is 12.4 Å². The van der Waals surface area contributed by atoms with Crippen molar-refractivity contribution in [3.05, 3.63) is 12.4 Å². The zero-order valence-electron chi connectivity index (χ0n) is 11.3. The fourth-order valence-corrected chi connectivity index (χ4v) is 2.64. The molecular formula is C14H25N3. The zero-order chi connectivity index (χ0) is 12.3. The molecule has 1 aliphatic carbocycles. The third-order valence-electron chi connectivity index (χ3n) is 3.72. The minimum Gasteiger partial charge on any atom is -0.353 e. The minimum absolute atomic E-state index is 0.447. The maximum absolute atomic E-state index is 4.39. The molecule has 1 N–H and O–H groups in total. The average Bonchev–Trinajstić information content (AvgIpc) is 2.68. The summed E-state index contributed by atoms with van der Waals surface area (Å²) in [6, 6.07) is 0.447. The van der Waals surface area contributed by atoms with E-state index in [1.807, 2.05) is 6.20 Å². The van der Waals surface area contributed by atoms with Crippen LogP contribution in [0.5, 0.6) is 0 Å². The van der Waals surface area contributed by atoms with E-state index < -0.39 is 0 Å². The molecule has 1 aromatic rings. The lowest BCUT2D eigenvalue weighted by molar-refractivity contribution is 0.265. The maximum Gasteiger partial charge on any atom is 0.202 e. The summed E-state index contributed by atoms with van der Waals surface area (Å²) in [6.07, 6.45) is 9.54. The molecule has 0 saturated heterocycles. The average molecular weight is 235 g/mol. The van der Waals surface area contributed by atoms with Gasteiger partial charge in [-0.05, 0) is 38.5 Å². The highest BCUT2D eigenvalue weighted by Crippen LogP contribution is 2.29. The van der Waals surface area contributed by atoms with E-state index in [-0.39, 0.29) is 0 Å². The number of anilines is 1. The summed E-state index contributed by atoms with van der Waals surface area (Å²) in [5.41, 5.74) is 0. The van der Waals surface area contributed by atoms with Gasteiger partial charge in [0.15, 0.2) is 0 Å². The van der Waals surface area contributed by atoms with Gasteiger partial charge in [-0.15, -0.1) is 0 Å². The van der Waals surface area contributed by atoms with Gasteiger partial charge in [-0.25, -0.2) is 4.98 Å². The molecule has 0 aromatic carbocycles. The van der Waals surface area contributed by atoms with E-state index in [4.69, 9.17) is 0 Å². The van der Waals surface area contributed by atoms with Gasteiger partial charge in [0, 0.05) is 25.0 Å². The highest BCUT2D eigenvalue weighted by atomic mass is 15.2. The van der Waals surface area contributed by atoms with Crippen LogP contribution in [0.25, 0.3) is 0 Å². The van der Waals surface area contributed by atoms with Crippen LogP contribution in [0.2, 0.25) is 0 Å². The number of nitrogens with one attached hydrogen (secondary N) is 1. The molecule has 0 unspecified atom stereocenters. The summed E-state index contributed by atoms with van der Waals surface area (Å²) >= 11 is 0. The van der Waals surface area contributed by atoms with Gasteiger partial charge in [-0.3, -0.25) is 0 Å². The first-order valence-electron chi connectivity index (χ1n) is 6.93. The first-order valence-corrected chi connectivity index (χ1v) is 6.93. The van der Waals surface area contributed by atoms with Crippen molar-refractivity contribution in [2.45, 2.75) is 59.0 Å². The van der Waals surface area contributed by atoms with E-state index in [2.05, 4.69) is 41.8 Å². The second kappa shape index (κ2) is 5.56. The van der Waals surface area contributed by atoms with Gasteiger partial charge in [-0.2, -0.15) is 0 Å². The predicted molar refractivity (Wildman–Crippen MR) is 72.1 cm³/mol. The largest absolute Gasteiger partial charge is 0.353 e. The monoisotopic (exact) mass is 235 g/mol. The van der Waals surface area contributed by atoms with Gasteiger partial charge < -0.3 is 9.88 Å². The highest BCUT2D eigenvalue weighted by molar-refractivity contribution is 5.26. The lowest BCUT2D eigenvalue weighted by Gasteiger charge is -2.27. The van der Waals surface area contributed by atoms with Crippen LogP contribution >= 0.6 is 0 Å². The lowest BCUT2D eigenvalue weighted by atomic mass is 9.83. The summed E-state index contributed by atoms with van der Waals surface area (Å²) < 4.78 is 2.28. The van der Waals surface area contributed by atoms with E-state index >= 15 is 0 Å². The van der Waals surface area contributed by atoms with Crippen molar-refractivity contribution in [3.8, 4) is 0 Å². The molecule has 0 bridgehead atoms. The van der Waals surface area contributed by atoms with Crippen molar-refractivity contribution >= 4 is 5.95 Å². The van der Waals surface area contributed by atoms with Crippen LogP contribution in [0.1, 0.15) is 46.5 Å². The Morgan fingerprint density at radius 2 is 2.06 bits per heavy atom. The Bertz CT molecular complexity index is 335. The van der Waals surface area contributed by atoms with Crippen molar-refractivity contribution < 1.29 is 0 Å². The summed E-state index contributed by atoms with van der Waals surface area (Å²) in [4.78, 5) is 4.39. The minimum atomic E-state index is 0.447. The van der Waals surface area contributed by atoms with Gasteiger partial charge in [0.05, 0.1) is 0 Å². The standard InChI is InChI=1S/C14H25N3/c1-11(2)16-14-15-8-9-17(14)10-13-6-4-12(3)5-7-13/h8-9,11-13H,4-7,10H2,1-3H3,(H,15,16). The summed E-state index contributed by atoms with van der Waals surface area (Å²) in [7, 11) is 0. The van der Waals surface area contributed by atoms with Crippen molar-refractivity contribution in [1.29, 1.82) is 0 Å². The van der Waals surface area contributed by atoms with E-state index in [1.54, 1.807) is 0 Å². The SMILES string of the molecule is CC1CCC(Cn2ccnc2NC(C)C)CC1. The molecule has 3 heteroatoms. The van der Waals surface area contributed by atoms with Crippen LogP contribution in [0.3, 0.4) is 0 Å². The molecule has 0 spiro atoms. The summed E-state index contributed by atoms with van der Waals surface area (Å²) in [6.45, 7) is 7.81. The highest BCUT2D eigenvalue weighted by Gasteiger charge is 2.19. The van der Waals surface area contributed by atoms with Crippen molar-refractivity contribution in [1.82, 2.24) is 9.55 Å². The Morgan fingerprint density at radius 1 is 1.35 bits per heavy atom. The fourth-order valence-electron chi connectivity index (χ4n) is 2.64. The Hall–Kier alpha value is -0.990. The number of hydrogen-bond acceptors (Lipinski definition) is 2. The Balaban J connectivity index is 1.92. The van der Waals surface area contributed by atoms with Gasteiger partial charge in [-0.1, -0.05) is 19.8 Å². The molecule has 0 aliphatic heterocycles. The normalized spacial score (nSPS) is 25.2. The molecule has 3 nitrogen and oxygen atoms in total. The molecule has 2 rings (SSSR count). The Kier molecular flexibility index (Phi) is 4.08. The molecule has 0 atom stereocenters. The first kappa shape index (κ1) is 12.5. The van der Waals surface area contributed by atoms with Crippen molar-refractivity contribution in [2.24, 2.45) is 11.8 Å². The van der Waals surface area contributed by atoms with Crippen LogP contribution in [0, 0.1) is 11.8 Å². The summed E-state index contributed by atoms with van der Waals surface area (Å²) in [5, 5.41) is 3.40.